The van der Waals surface area contributed by atoms with Gasteiger partial charge in [-0.05, 0) is 6.07 Å². The second-order valence-electron chi connectivity index (χ2n) is 3.14. The molecule has 0 spiro atoms. The maximum Gasteiger partial charge on any atom is 0.328 e. The van der Waals surface area contributed by atoms with Gasteiger partial charge in [-0.25, -0.2) is 4.79 Å². The Hall–Kier alpha value is -1.62. The lowest BCUT2D eigenvalue weighted by atomic mass is 10.3. The summed E-state index contributed by atoms with van der Waals surface area (Å²) in [5.74, 6) is -0.913. The van der Waals surface area contributed by atoms with E-state index in [-0.39, 0.29) is 0 Å². The Bertz CT molecular complexity index is 344. The zero-order valence-electron chi connectivity index (χ0n) is 8.68. The molecule has 0 aliphatic heterocycles. The summed E-state index contributed by atoms with van der Waals surface area (Å²) >= 11 is 0. The molecule has 5 nitrogen and oxygen atoms in total. The molecule has 1 aromatic rings. The van der Waals surface area contributed by atoms with E-state index in [1.807, 2.05) is 17.8 Å². The minimum Gasteiger partial charge on any atom is -0.478 e. The van der Waals surface area contributed by atoms with Crippen molar-refractivity contribution < 1.29 is 9.90 Å². The molecule has 1 rings (SSSR count). The van der Waals surface area contributed by atoms with Crippen LogP contribution < -0.4 is 5.32 Å². The van der Waals surface area contributed by atoms with Crippen LogP contribution in [0.3, 0.4) is 0 Å². The molecule has 1 heterocycles. The average Bonchev–Trinajstić information content (AvgIpc) is 2.57. The standard InChI is InChI=1S/C10H15N3O2/c1-13-9(5-8-12-13)4-7-11-6-2-3-10(14)15/h2-3,5,8,11H,4,6-7H2,1H3,(H,14,15)/b3-2+. The Kier molecular flexibility index (Phi) is 4.56. The highest BCUT2D eigenvalue weighted by Gasteiger charge is 1.96. The molecule has 0 fully saturated rings. The molecule has 5 heteroatoms. The number of aromatic nitrogens is 2. The van der Waals surface area contributed by atoms with Crippen LogP contribution in [0.5, 0.6) is 0 Å². The van der Waals surface area contributed by atoms with Gasteiger partial charge in [-0.2, -0.15) is 5.10 Å². The lowest BCUT2D eigenvalue weighted by Gasteiger charge is -2.02. The van der Waals surface area contributed by atoms with Gasteiger partial charge < -0.3 is 10.4 Å². The number of carboxylic acid groups (broad SMARTS) is 1. The van der Waals surface area contributed by atoms with E-state index in [0.29, 0.717) is 6.54 Å². The van der Waals surface area contributed by atoms with Crippen molar-refractivity contribution in [3.8, 4) is 0 Å². The Morgan fingerprint density at radius 2 is 2.53 bits per heavy atom. The van der Waals surface area contributed by atoms with E-state index in [9.17, 15) is 4.79 Å². The van der Waals surface area contributed by atoms with Crippen LogP contribution in [0.4, 0.5) is 0 Å². The smallest absolute Gasteiger partial charge is 0.328 e. The summed E-state index contributed by atoms with van der Waals surface area (Å²) in [6, 6.07) is 1.97. The number of rotatable bonds is 6. The summed E-state index contributed by atoms with van der Waals surface area (Å²) < 4.78 is 1.83. The first-order valence-electron chi connectivity index (χ1n) is 4.77. The molecule has 0 aromatic carbocycles. The molecule has 0 aliphatic carbocycles. The molecule has 0 saturated heterocycles. The highest BCUT2D eigenvalue weighted by atomic mass is 16.4. The van der Waals surface area contributed by atoms with Crippen molar-refractivity contribution in [2.24, 2.45) is 7.05 Å². The van der Waals surface area contributed by atoms with Crippen LogP contribution >= 0.6 is 0 Å². The van der Waals surface area contributed by atoms with Crippen molar-refractivity contribution in [2.45, 2.75) is 6.42 Å². The number of nitrogens with one attached hydrogen (secondary N) is 1. The minimum atomic E-state index is -0.913. The molecule has 0 atom stereocenters. The molecule has 0 radical (unpaired) electrons. The van der Waals surface area contributed by atoms with Gasteiger partial charge in [-0.15, -0.1) is 0 Å². The molecule has 0 amide bonds. The van der Waals surface area contributed by atoms with Crippen LogP contribution in [-0.4, -0.2) is 33.9 Å². The number of nitrogens with zero attached hydrogens (tertiary/aromatic N) is 2. The Morgan fingerprint density at radius 3 is 3.13 bits per heavy atom. The highest BCUT2D eigenvalue weighted by molar-refractivity contribution is 5.79. The van der Waals surface area contributed by atoms with E-state index >= 15 is 0 Å². The highest BCUT2D eigenvalue weighted by Crippen LogP contribution is 1.95. The van der Waals surface area contributed by atoms with E-state index in [1.54, 1.807) is 12.3 Å². The van der Waals surface area contributed by atoms with E-state index in [4.69, 9.17) is 5.11 Å². The number of carbonyl (C=O) groups is 1. The van der Waals surface area contributed by atoms with Gasteiger partial charge in [0.25, 0.3) is 0 Å². The second kappa shape index (κ2) is 5.98. The zero-order chi connectivity index (χ0) is 11.1. The predicted octanol–water partition coefficient (Wildman–Crippen LogP) is 0.193. The van der Waals surface area contributed by atoms with Crippen LogP contribution in [0.2, 0.25) is 0 Å². The normalized spacial score (nSPS) is 11.0. The van der Waals surface area contributed by atoms with Gasteiger partial charge in [0.05, 0.1) is 0 Å². The monoisotopic (exact) mass is 209 g/mol. The molecule has 0 bridgehead atoms. The van der Waals surface area contributed by atoms with Crippen LogP contribution in [0.15, 0.2) is 24.4 Å². The molecule has 0 aliphatic rings. The van der Waals surface area contributed by atoms with Crippen molar-refractivity contribution in [1.29, 1.82) is 0 Å². The fourth-order valence-electron chi connectivity index (χ4n) is 1.21. The maximum atomic E-state index is 10.1. The van der Waals surface area contributed by atoms with Gasteiger partial charge in [0.1, 0.15) is 0 Å². The molecule has 15 heavy (non-hydrogen) atoms. The number of hydrogen-bond acceptors (Lipinski definition) is 3. The summed E-state index contributed by atoms with van der Waals surface area (Å²) in [4.78, 5) is 10.1. The summed E-state index contributed by atoms with van der Waals surface area (Å²) in [7, 11) is 1.90. The molecule has 82 valence electrons. The van der Waals surface area contributed by atoms with Gasteiger partial charge in [-0.3, -0.25) is 4.68 Å². The number of aliphatic carboxylic acids is 1. The quantitative estimate of drug-likeness (QED) is 0.518. The molecule has 0 unspecified atom stereocenters. The van der Waals surface area contributed by atoms with Gasteiger partial charge >= 0.3 is 5.97 Å². The third-order valence-corrected chi connectivity index (χ3v) is 2.00. The summed E-state index contributed by atoms with van der Waals surface area (Å²) in [6.45, 7) is 1.38. The summed E-state index contributed by atoms with van der Waals surface area (Å²) in [5.41, 5.74) is 1.16. The van der Waals surface area contributed by atoms with Crippen LogP contribution in [0.25, 0.3) is 0 Å². The zero-order valence-corrected chi connectivity index (χ0v) is 8.68. The Morgan fingerprint density at radius 1 is 1.73 bits per heavy atom. The van der Waals surface area contributed by atoms with E-state index in [0.717, 1.165) is 24.7 Å². The van der Waals surface area contributed by atoms with Gasteiger partial charge in [0, 0.05) is 44.5 Å². The maximum absolute atomic E-state index is 10.1. The molecule has 2 N–H and O–H groups in total. The molecular weight excluding hydrogens is 194 g/mol. The summed E-state index contributed by atoms with van der Waals surface area (Å²) in [5, 5.41) is 15.5. The van der Waals surface area contributed by atoms with Crippen LogP contribution in [0, 0.1) is 0 Å². The van der Waals surface area contributed by atoms with Crippen LogP contribution in [0.1, 0.15) is 5.69 Å². The SMILES string of the molecule is Cn1nccc1CCNC/C=C/C(=O)O. The van der Waals surface area contributed by atoms with Crippen molar-refractivity contribution in [3.63, 3.8) is 0 Å². The fraction of sp³-hybridized carbons (Fsp3) is 0.400. The van der Waals surface area contributed by atoms with Crippen LogP contribution in [-0.2, 0) is 18.3 Å². The first-order chi connectivity index (χ1) is 7.20. The number of hydrogen-bond donors (Lipinski definition) is 2. The number of carboxylic acids is 1. The molecule has 1 aromatic heterocycles. The van der Waals surface area contributed by atoms with Crippen molar-refractivity contribution >= 4 is 5.97 Å². The lowest BCUT2D eigenvalue weighted by Crippen LogP contribution is -2.18. The third-order valence-electron chi connectivity index (χ3n) is 2.00. The van der Waals surface area contributed by atoms with Gasteiger partial charge in [0.2, 0.25) is 0 Å². The lowest BCUT2D eigenvalue weighted by molar-refractivity contribution is -0.131. The average molecular weight is 209 g/mol. The largest absolute Gasteiger partial charge is 0.478 e. The van der Waals surface area contributed by atoms with Gasteiger partial charge in [0.15, 0.2) is 0 Å². The second-order valence-corrected chi connectivity index (χ2v) is 3.14. The van der Waals surface area contributed by atoms with Crippen molar-refractivity contribution in [1.82, 2.24) is 15.1 Å². The van der Waals surface area contributed by atoms with Gasteiger partial charge in [-0.1, -0.05) is 6.08 Å². The predicted molar refractivity (Wildman–Crippen MR) is 56.6 cm³/mol. The van der Waals surface area contributed by atoms with Crippen molar-refractivity contribution in [3.05, 3.63) is 30.1 Å². The molecule has 0 saturated carbocycles. The minimum absolute atomic E-state index is 0.574. The van der Waals surface area contributed by atoms with E-state index in [2.05, 4.69) is 10.4 Å². The first kappa shape index (κ1) is 11.5. The topological polar surface area (TPSA) is 67.2 Å². The third kappa shape index (κ3) is 4.42. The Balaban J connectivity index is 2.12. The van der Waals surface area contributed by atoms with E-state index < -0.39 is 5.97 Å². The summed E-state index contributed by atoms with van der Waals surface area (Å²) in [6.07, 6.45) is 5.37. The Labute approximate surface area is 88.4 Å². The van der Waals surface area contributed by atoms with Crippen molar-refractivity contribution in [2.75, 3.05) is 13.1 Å². The molecular formula is C10H15N3O2. The first-order valence-corrected chi connectivity index (χ1v) is 4.77. The number of aryl methyl sites for hydroxylation is 1. The fourth-order valence-corrected chi connectivity index (χ4v) is 1.21. The van der Waals surface area contributed by atoms with E-state index in [1.165, 1.54) is 0 Å².